The Balaban J connectivity index is 1.95. The van der Waals surface area contributed by atoms with Crippen molar-refractivity contribution in [1.82, 2.24) is 4.90 Å². The van der Waals surface area contributed by atoms with Crippen molar-refractivity contribution >= 4 is 11.6 Å². The normalized spacial score (nSPS) is 21.2. The van der Waals surface area contributed by atoms with E-state index in [0.29, 0.717) is 0 Å². The first-order valence-corrected chi connectivity index (χ1v) is 7.56. The van der Waals surface area contributed by atoms with Crippen molar-refractivity contribution in [2.24, 2.45) is 5.92 Å². The van der Waals surface area contributed by atoms with Crippen LogP contribution in [0.2, 0.25) is 0 Å². The largest absolute Gasteiger partial charge is 0.299 e. The summed E-state index contributed by atoms with van der Waals surface area (Å²) in [5.74, 6) is 1.62. The molecule has 2 rings (SSSR count). The van der Waals surface area contributed by atoms with Crippen molar-refractivity contribution in [1.29, 1.82) is 0 Å². The zero-order chi connectivity index (χ0) is 13.0. The molecule has 1 heterocycles. The molecule has 0 bridgehead atoms. The standard InChI is InChI=1S/C16H24ClN/c1-13-8-14(2)10-16(9-13)12-18-7-3-4-15(11-18)5-6-17/h8-10,15H,3-7,11-12H2,1-2H3. The number of halogens is 1. The van der Waals surface area contributed by atoms with Crippen molar-refractivity contribution < 1.29 is 0 Å². The van der Waals surface area contributed by atoms with Crippen LogP contribution in [0.4, 0.5) is 0 Å². The first-order chi connectivity index (χ1) is 8.67. The van der Waals surface area contributed by atoms with E-state index in [1.807, 2.05) is 0 Å². The van der Waals surface area contributed by atoms with Gasteiger partial charge in [0, 0.05) is 19.0 Å². The molecular formula is C16H24ClN. The summed E-state index contributed by atoms with van der Waals surface area (Å²) in [4.78, 5) is 2.59. The molecule has 1 aliphatic heterocycles. The molecule has 0 radical (unpaired) electrons. The molecule has 0 aromatic heterocycles. The molecule has 1 fully saturated rings. The van der Waals surface area contributed by atoms with Gasteiger partial charge in [0.2, 0.25) is 0 Å². The van der Waals surface area contributed by atoms with E-state index < -0.39 is 0 Å². The highest BCUT2D eigenvalue weighted by molar-refractivity contribution is 6.17. The highest BCUT2D eigenvalue weighted by Crippen LogP contribution is 2.22. The SMILES string of the molecule is Cc1cc(C)cc(CN2CCCC(CCCl)C2)c1. The number of alkyl halides is 1. The second-order valence-corrected chi connectivity index (χ2v) is 6.09. The maximum Gasteiger partial charge on any atom is 0.0234 e. The molecule has 2 heteroatoms. The van der Waals surface area contributed by atoms with Gasteiger partial charge in [0.1, 0.15) is 0 Å². The van der Waals surface area contributed by atoms with Gasteiger partial charge in [-0.1, -0.05) is 29.3 Å². The van der Waals surface area contributed by atoms with Gasteiger partial charge in [-0.3, -0.25) is 4.90 Å². The lowest BCUT2D eigenvalue weighted by Crippen LogP contribution is -2.35. The van der Waals surface area contributed by atoms with Gasteiger partial charge >= 0.3 is 0 Å². The summed E-state index contributed by atoms with van der Waals surface area (Å²) in [6.45, 7) is 7.93. The molecule has 0 amide bonds. The minimum atomic E-state index is 0.808. The third-order valence-corrected chi connectivity index (χ3v) is 4.03. The second kappa shape index (κ2) is 6.58. The van der Waals surface area contributed by atoms with Crippen LogP contribution >= 0.6 is 11.6 Å². The van der Waals surface area contributed by atoms with E-state index in [4.69, 9.17) is 11.6 Å². The fraction of sp³-hybridized carbons (Fsp3) is 0.625. The number of nitrogens with zero attached hydrogens (tertiary/aromatic N) is 1. The molecule has 0 saturated carbocycles. The Morgan fingerprint density at radius 3 is 2.61 bits per heavy atom. The summed E-state index contributed by atoms with van der Waals surface area (Å²) in [7, 11) is 0. The third-order valence-electron chi connectivity index (χ3n) is 3.81. The van der Waals surface area contributed by atoms with Gasteiger partial charge in [-0.05, 0) is 51.1 Å². The topological polar surface area (TPSA) is 3.24 Å². The molecule has 1 aromatic carbocycles. The Labute approximate surface area is 116 Å². The van der Waals surface area contributed by atoms with E-state index in [2.05, 4.69) is 36.9 Å². The maximum atomic E-state index is 5.87. The minimum absolute atomic E-state index is 0.808. The number of hydrogen-bond donors (Lipinski definition) is 0. The van der Waals surface area contributed by atoms with Crippen molar-refractivity contribution in [3.8, 4) is 0 Å². The molecular weight excluding hydrogens is 242 g/mol. The summed E-state index contributed by atoms with van der Waals surface area (Å²) in [6.07, 6.45) is 3.85. The fourth-order valence-corrected chi connectivity index (χ4v) is 3.41. The van der Waals surface area contributed by atoms with Gasteiger partial charge in [-0.25, -0.2) is 0 Å². The first kappa shape index (κ1) is 13.9. The van der Waals surface area contributed by atoms with E-state index in [1.165, 1.54) is 49.0 Å². The Bertz CT molecular complexity index is 366. The van der Waals surface area contributed by atoms with Crippen LogP contribution in [-0.4, -0.2) is 23.9 Å². The van der Waals surface area contributed by atoms with Crippen LogP contribution in [0.5, 0.6) is 0 Å². The number of rotatable bonds is 4. The van der Waals surface area contributed by atoms with E-state index in [1.54, 1.807) is 0 Å². The molecule has 1 atom stereocenters. The van der Waals surface area contributed by atoms with E-state index in [0.717, 1.165) is 18.3 Å². The summed E-state index contributed by atoms with van der Waals surface area (Å²) < 4.78 is 0. The molecule has 0 N–H and O–H groups in total. The average Bonchev–Trinajstić information content (AvgIpc) is 2.28. The zero-order valence-corrected chi connectivity index (χ0v) is 12.3. The van der Waals surface area contributed by atoms with Crippen LogP contribution < -0.4 is 0 Å². The monoisotopic (exact) mass is 265 g/mol. The molecule has 0 aliphatic carbocycles. The van der Waals surface area contributed by atoms with Crippen LogP contribution in [0.3, 0.4) is 0 Å². The Morgan fingerprint density at radius 1 is 1.22 bits per heavy atom. The minimum Gasteiger partial charge on any atom is -0.299 e. The van der Waals surface area contributed by atoms with Crippen molar-refractivity contribution in [3.63, 3.8) is 0 Å². The zero-order valence-electron chi connectivity index (χ0n) is 11.6. The summed E-state index contributed by atoms with van der Waals surface area (Å²) in [5.41, 5.74) is 4.21. The lowest BCUT2D eigenvalue weighted by molar-refractivity contribution is 0.165. The van der Waals surface area contributed by atoms with Crippen molar-refractivity contribution in [3.05, 3.63) is 34.9 Å². The van der Waals surface area contributed by atoms with E-state index >= 15 is 0 Å². The van der Waals surface area contributed by atoms with Crippen LogP contribution in [0.25, 0.3) is 0 Å². The van der Waals surface area contributed by atoms with Gasteiger partial charge in [0.15, 0.2) is 0 Å². The Kier molecular flexibility index (Phi) is 5.08. The van der Waals surface area contributed by atoms with Crippen molar-refractivity contribution in [2.75, 3.05) is 19.0 Å². The molecule has 1 unspecified atom stereocenters. The van der Waals surface area contributed by atoms with E-state index in [9.17, 15) is 0 Å². The van der Waals surface area contributed by atoms with Gasteiger partial charge in [-0.2, -0.15) is 0 Å². The smallest absolute Gasteiger partial charge is 0.0234 e. The Morgan fingerprint density at radius 2 is 1.94 bits per heavy atom. The third kappa shape index (κ3) is 4.00. The van der Waals surface area contributed by atoms with Crippen LogP contribution in [0.15, 0.2) is 18.2 Å². The molecule has 1 aliphatic rings. The van der Waals surface area contributed by atoms with E-state index in [-0.39, 0.29) is 0 Å². The van der Waals surface area contributed by atoms with Gasteiger partial charge in [0.05, 0.1) is 0 Å². The highest BCUT2D eigenvalue weighted by Gasteiger charge is 2.19. The van der Waals surface area contributed by atoms with Crippen LogP contribution in [0.1, 0.15) is 36.0 Å². The second-order valence-electron chi connectivity index (χ2n) is 5.72. The van der Waals surface area contributed by atoms with Crippen LogP contribution in [-0.2, 0) is 6.54 Å². The Hall–Kier alpha value is -0.530. The predicted molar refractivity (Wildman–Crippen MR) is 79.3 cm³/mol. The average molecular weight is 266 g/mol. The number of aryl methyl sites for hydroxylation is 2. The van der Waals surface area contributed by atoms with Crippen LogP contribution in [0, 0.1) is 19.8 Å². The molecule has 0 spiro atoms. The molecule has 1 aromatic rings. The first-order valence-electron chi connectivity index (χ1n) is 7.03. The molecule has 1 nitrogen and oxygen atoms in total. The number of benzene rings is 1. The van der Waals surface area contributed by atoms with Gasteiger partial charge < -0.3 is 0 Å². The summed E-state index contributed by atoms with van der Waals surface area (Å²) >= 11 is 5.87. The summed E-state index contributed by atoms with van der Waals surface area (Å²) in [5, 5.41) is 0. The van der Waals surface area contributed by atoms with Crippen molar-refractivity contribution in [2.45, 2.75) is 39.7 Å². The maximum absolute atomic E-state index is 5.87. The highest BCUT2D eigenvalue weighted by atomic mass is 35.5. The molecule has 18 heavy (non-hydrogen) atoms. The molecule has 1 saturated heterocycles. The molecule has 100 valence electrons. The number of likely N-dealkylation sites (tertiary alicyclic amines) is 1. The lowest BCUT2D eigenvalue weighted by Gasteiger charge is -2.32. The number of hydrogen-bond acceptors (Lipinski definition) is 1. The van der Waals surface area contributed by atoms with Gasteiger partial charge in [0.25, 0.3) is 0 Å². The van der Waals surface area contributed by atoms with Gasteiger partial charge in [-0.15, -0.1) is 11.6 Å². The fourth-order valence-electron chi connectivity index (χ4n) is 3.10. The lowest BCUT2D eigenvalue weighted by atomic mass is 9.95. The quantitative estimate of drug-likeness (QED) is 0.740. The summed E-state index contributed by atoms with van der Waals surface area (Å²) in [6, 6.07) is 6.88. The predicted octanol–water partition coefficient (Wildman–Crippen LogP) is 4.14. The number of piperidine rings is 1.